The molecule has 2 aromatic rings. The van der Waals surface area contributed by atoms with Gasteiger partial charge in [0.1, 0.15) is 5.01 Å². The molecule has 0 aliphatic carbocycles. The van der Waals surface area contributed by atoms with Crippen LogP contribution in [0, 0.1) is 0 Å². The molecule has 1 N–H and O–H groups in total. The third kappa shape index (κ3) is 3.48. The predicted octanol–water partition coefficient (Wildman–Crippen LogP) is 2.95. The molecule has 0 saturated carbocycles. The first kappa shape index (κ1) is 14.6. The number of nitrogens with zero attached hydrogens (tertiary/aromatic N) is 3. The van der Waals surface area contributed by atoms with E-state index in [1.54, 1.807) is 11.3 Å². The lowest BCUT2D eigenvalue weighted by Gasteiger charge is -2.33. The van der Waals surface area contributed by atoms with E-state index >= 15 is 0 Å². The minimum atomic E-state index is 0.458. The molecular weight excluding hydrogens is 280 g/mol. The van der Waals surface area contributed by atoms with Gasteiger partial charge in [0.25, 0.3) is 0 Å². The van der Waals surface area contributed by atoms with Gasteiger partial charge in [0.2, 0.25) is 0 Å². The summed E-state index contributed by atoms with van der Waals surface area (Å²) >= 11 is 1.77. The lowest BCUT2D eigenvalue weighted by Crippen LogP contribution is -2.45. The van der Waals surface area contributed by atoms with Crippen molar-refractivity contribution >= 4 is 11.3 Å². The SMILES string of the molecule is CCCC(c1nc(-c2ccccn2)cs1)N1CCNCC1. The van der Waals surface area contributed by atoms with E-state index in [0.717, 1.165) is 37.6 Å². The van der Waals surface area contributed by atoms with E-state index in [4.69, 9.17) is 4.98 Å². The van der Waals surface area contributed by atoms with Crippen molar-refractivity contribution in [3.63, 3.8) is 0 Å². The van der Waals surface area contributed by atoms with Crippen LogP contribution in [-0.4, -0.2) is 41.0 Å². The van der Waals surface area contributed by atoms with Crippen molar-refractivity contribution in [3.05, 3.63) is 34.8 Å². The Labute approximate surface area is 130 Å². The van der Waals surface area contributed by atoms with E-state index in [1.807, 2.05) is 24.4 Å². The van der Waals surface area contributed by atoms with Gasteiger partial charge in [0, 0.05) is 37.8 Å². The zero-order valence-electron chi connectivity index (χ0n) is 12.5. The molecule has 3 heterocycles. The highest BCUT2D eigenvalue weighted by Crippen LogP contribution is 2.31. The van der Waals surface area contributed by atoms with Crippen LogP contribution in [0.1, 0.15) is 30.8 Å². The number of aromatic nitrogens is 2. The molecule has 1 aliphatic rings. The van der Waals surface area contributed by atoms with E-state index in [0.29, 0.717) is 6.04 Å². The van der Waals surface area contributed by atoms with Crippen molar-refractivity contribution in [2.75, 3.05) is 26.2 Å². The molecule has 1 atom stereocenters. The Balaban J connectivity index is 1.81. The molecule has 0 amide bonds. The lowest BCUT2D eigenvalue weighted by molar-refractivity contribution is 0.164. The highest BCUT2D eigenvalue weighted by atomic mass is 32.1. The zero-order valence-corrected chi connectivity index (χ0v) is 13.3. The predicted molar refractivity (Wildman–Crippen MR) is 87.4 cm³/mol. The summed E-state index contributed by atoms with van der Waals surface area (Å²) in [7, 11) is 0. The maximum atomic E-state index is 4.87. The summed E-state index contributed by atoms with van der Waals surface area (Å²) in [6, 6.07) is 6.44. The fraction of sp³-hybridized carbons (Fsp3) is 0.500. The molecular formula is C16H22N4S. The van der Waals surface area contributed by atoms with Gasteiger partial charge in [-0.05, 0) is 18.6 Å². The van der Waals surface area contributed by atoms with Gasteiger partial charge < -0.3 is 5.32 Å². The Morgan fingerprint density at radius 1 is 1.29 bits per heavy atom. The van der Waals surface area contributed by atoms with Crippen molar-refractivity contribution in [2.24, 2.45) is 0 Å². The van der Waals surface area contributed by atoms with Gasteiger partial charge in [0.05, 0.1) is 17.4 Å². The maximum absolute atomic E-state index is 4.87. The first-order valence-corrected chi connectivity index (χ1v) is 8.58. The number of nitrogens with one attached hydrogen (secondary N) is 1. The largest absolute Gasteiger partial charge is 0.314 e. The molecule has 3 rings (SSSR count). The van der Waals surface area contributed by atoms with Gasteiger partial charge in [-0.15, -0.1) is 11.3 Å². The maximum Gasteiger partial charge on any atom is 0.111 e. The second-order valence-electron chi connectivity index (χ2n) is 5.38. The van der Waals surface area contributed by atoms with Crippen LogP contribution < -0.4 is 5.32 Å². The van der Waals surface area contributed by atoms with Crippen molar-refractivity contribution in [1.82, 2.24) is 20.2 Å². The molecule has 21 heavy (non-hydrogen) atoms. The summed E-state index contributed by atoms with van der Waals surface area (Å²) in [6.45, 7) is 6.65. The Kier molecular flexibility index (Phi) is 4.95. The average molecular weight is 302 g/mol. The highest BCUT2D eigenvalue weighted by molar-refractivity contribution is 7.10. The number of pyridine rings is 1. The summed E-state index contributed by atoms with van der Waals surface area (Å²) in [5.74, 6) is 0. The molecule has 1 aliphatic heterocycles. The Hall–Kier alpha value is -1.30. The third-order valence-corrected chi connectivity index (χ3v) is 4.83. The van der Waals surface area contributed by atoms with Crippen molar-refractivity contribution in [3.8, 4) is 11.4 Å². The third-order valence-electron chi connectivity index (χ3n) is 3.89. The molecule has 0 aromatic carbocycles. The van der Waals surface area contributed by atoms with Crippen LogP contribution in [0.3, 0.4) is 0 Å². The van der Waals surface area contributed by atoms with Gasteiger partial charge in [-0.2, -0.15) is 0 Å². The molecule has 1 saturated heterocycles. The molecule has 4 nitrogen and oxygen atoms in total. The lowest BCUT2D eigenvalue weighted by atomic mass is 10.1. The number of piperazine rings is 1. The van der Waals surface area contributed by atoms with Crippen molar-refractivity contribution < 1.29 is 0 Å². The van der Waals surface area contributed by atoms with Crippen LogP contribution in [0.25, 0.3) is 11.4 Å². The summed E-state index contributed by atoms with van der Waals surface area (Å²) in [5.41, 5.74) is 1.97. The average Bonchev–Trinajstić information content (AvgIpc) is 3.04. The zero-order chi connectivity index (χ0) is 14.5. The van der Waals surface area contributed by atoms with Crippen LogP contribution >= 0.6 is 11.3 Å². The van der Waals surface area contributed by atoms with Crippen LogP contribution in [0.5, 0.6) is 0 Å². The molecule has 0 radical (unpaired) electrons. The Morgan fingerprint density at radius 2 is 2.14 bits per heavy atom. The van der Waals surface area contributed by atoms with Crippen molar-refractivity contribution in [1.29, 1.82) is 0 Å². The highest BCUT2D eigenvalue weighted by Gasteiger charge is 2.24. The van der Waals surface area contributed by atoms with Gasteiger partial charge in [-0.25, -0.2) is 4.98 Å². The second kappa shape index (κ2) is 7.11. The van der Waals surface area contributed by atoms with E-state index < -0.39 is 0 Å². The first-order valence-electron chi connectivity index (χ1n) is 7.70. The van der Waals surface area contributed by atoms with E-state index in [2.05, 4.69) is 27.5 Å². The molecule has 1 unspecified atom stereocenters. The Morgan fingerprint density at radius 3 is 2.86 bits per heavy atom. The van der Waals surface area contributed by atoms with E-state index in [-0.39, 0.29) is 0 Å². The molecule has 0 bridgehead atoms. The normalized spacial score (nSPS) is 17.8. The van der Waals surface area contributed by atoms with Crippen molar-refractivity contribution in [2.45, 2.75) is 25.8 Å². The smallest absolute Gasteiger partial charge is 0.111 e. The Bertz CT molecular complexity index is 548. The number of hydrogen-bond acceptors (Lipinski definition) is 5. The van der Waals surface area contributed by atoms with Crippen LogP contribution in [0.15, 0.2) is 29.8 Å². The van der Waals surface area contributed by atoms with Gasteiger partial charge in [-0.3, -0.25) is 9.88 Å². The number of hydrogen-bond donors (Lipinski definition) is 1. The number of rotatable bonds is 5. The molecule has 2 aromatic heterocycles. The minimum Gasteiger partial charge on any atom is -0.314 e. The topological polar surface area (TPSA) is 41.1 Å². The number of thiazole rings is 1. The fourth-order valence-electron chi connectivity index (χ4n) is 2.80. The standard InChI is InChI=1S/C16H22N4S/c1-2-5-15(20-10-8-17-9-11-20)16-19-14(12-21-16)13-6-3-4-7-18-13/h3-4,6-7,12,15,17H,2,5,8-11H2,1H3. The molecule has 5 heteroatoms. The molecule has 0 spiro atoms. The summed E-state index contributed by atoms with van der Waals surface area (Å²) in [4.78, 5) is 11.8. The first-order chi connectivity index (χ1) is 10.4. The van der Waals surface area contributed by atoms with Crippen LogP contribution in [0.4, 0.5) is 0 Å². The van der Waals surface area contributed by atoms with Gasteiger partial charge in [-0.1, -0.05) is 19.4 Å². The summed E-state index contributed by atoms with van der Waals surface area (Å²) < 4.78 is 0. The van der Waals surface area contributed by atoms with Crippen LogP contribution in [0.2, 0.25) is 0 Å². The van der Waals surface area contributed by atoms with E-state index in [9.17, 15) is 0 Å². The second-order valence-corrected chi connectivity index (χ2v) is 6.27. The van der Waals surface area contributed by atoms with Gasteiger partial charge >= 0.3 is 0 Å². The summed E-state index contributed by atoms with van der Waals surface area (Å²) in [5, 5.41) is 6.80. The summed E-state index contributed by atoms with van der Waals surface area (Å²) in [6.07, 6.45) is 4.19. The minimum absolute atomic E-state index is 0.458. The quantitative estimate of drug-likeness (QED) is 0.922. The molecule has 112 valence electrons. The van der Waals surface area contributed by atoms with Crippen LogP contribution in [-0.2, 0) is 0 Å². The fourth-order valence-corrected chi connectivity index (χ4v) is 3.78. The van der Waals surface area contributed by atoms with E-state index in [1.165, 1.54) is 17.8 Å². The monoisotopic (exact) mass is 302 g/mol. The molecule has 1 fully saturated rings. The van der Waals surface area contributed by atoms with Gasteiger partial charge in [0.15, 0.2) is 0 Å².